The highest BCUT2D eigenvalue weighted by atomic mass is 16.1. The number of hydrogen-bond donors (Lipinski definition) is 2. The summed E-state index contributed by atoms with van der Waals surface area (Å²) in [5, 5.41) is 8.10. The van der Waals surface area contributed by atoms with Crippen LogP contribution in [0, 0.1) is 6.92 Å². The molecular formula is C25H24N6O. The van der Waals surface area contributed by atoms with Crippen LogP contribution in [0.2, 0.25) is 0 Å². The Labute approximate surface area is 186 Å². The molecule has 1 fully saturated rings. The van der Waals surface area contributed by atoms with Gasteiger partial charge in [-0.3, -0.25) is 9.78 Å². The summed E-state index contributed by atoms with van der Waals surface area (Å²) >= 11 is 0. The van der Waals surface area contributed by atoms with Crippen molar-refractivity contribution < 1.29 is 4.79 Å². The average molecular weight is 425 g/mol. The van der Waals surface area contributed by atoms with Crippen LogP contribution in [0.1, 0.15) is 29.2 Å². The molecule has 0 atom stereocenters. The number of amides is 1. The second-order valence-corrected chi connectivity index (χ2v) is 7.89. The van der Waals surface area contributed by atoms with E-state index in [-0.39, 0.29) is 5.91 Å². The third-order valence-electron chi connectivity index (χ3n) is 5.56. The maximum Gasteiger partial charge on any atom is 0.274 e. The molecule has 0 radical (unpaired) electrons. The number of anilines is 4. The van der Waals surface area contributed by atoms with Crippen molar-refractivity contribution in [2.24, 2.45) is 0 Å². The maximum absolute atomic E-state index is 12.8. The molecule has 1 saturated heterocycles. The Morgan fingerprint density at radius 3 is 2.50 bits per heavy atom. The van der Waals surface area contributed by atoms with Crippen LogP contribution in [-0.4, -0.2) is 33.9 Å². The first-order valence-corrected chi connectivity index (χ1v) is 10.8. The zero-order chi connectivity index (χ0) is 21.9. The summed E-state index contributed by atoms with van der Waals surface area (Å²) in [7, 11) is 0. The van der Waals surface area contributed by atoms with Gasteiger partial charge in [0.05, 0.1) is 0 Å². The topological polar surface area (TPSA) is 83.0 Å². The number of fused-ring (bicyclic) bond motifs is 1. The second-order valence-electron chi connectivity index (χ2n) is 7.89. The Balaban J connectivity index is 1.30. The molecule has 3 heterocycles. The van der Waals surface area contributed by atoms with Crippen LogP contribution < -0.4 is 15.5 Å². The minimum Gasteiger partial charge on any atom is -0.356 e. The molecule has 0 saturated carbocycles. The Morgan fingerprint density at radius 1 is 0.938 bits per heavy atom. The van der Waals surface area contributed by atoms with Crippen molar-refractivity contribution in [3.63, 3.8) is 0 Å². The lowest BCUT2D eigenvalue weighted by atomic mass is 10.1. The summed E-state index contributed by atoms with van der Waals surface area (Å²) in [5.41, 5.74) is 2.00. The Hall–Kier alpha value is -4.00. The molecule has 4 aromatic rings. The van der Waals surface area contributed by atoms with Crippen LogP contribution in [-0.2, 0) is 0 Å². The van der Waals surface area contributed by atoms with E-state index in [1.54, 1.807) is 6.20 Å². The van der Waals surface area contributed by atoms with E-state index in [1.807, 2.05) is 67.6 Å². The third-order valence-corrected chi connectivity index (χ3v) is 5.56. The lowest BCUT2D eigenvalue weighted by molar-refractivity contribution is 0.102. The van der Waals surface area contributed by atoms with E-state index >= 15 is 0 Å². The van der Waals surface area contributed by atoms with Crippen molar-refractivity contribution in [1.29, 1.82) is 0 Å². The average Bonchev–Trinajstić information content (AvgIpc) is 3.35. The first-order valence-electron chi connectivity index (χ1n) is 10.8. The number of benzene rings is 2. The van der Waals surface area contributed by atoms with Crippen molar-refractivity contribution in [3.05, 3.63) is 78.4 Å². The molecule has 2 N–H and O–H groups in total. The summed E-state index contributed by atoms with van der Waals surface area (Å²) in [6.07, 6.45) is 4.06. The molecule has 0 unspecified atom stereocenters. The van der Waals surface area contributed by atoms with Gasteiger partial charge in [0, 0.05) is 42.1 Å². The number of carbonyl (C=O) groups excluding carboxylic acids is 1. The van der Waals surface area contributed by atoms with Crippen LogP contribution in [0.5, 0.6) is 0 Å². The number of rotatable bonds is 5. The highest BCUT2D eigenvalue weighted by molar-refractivity contribution is 6.11. The van der Waals surface area contributed by atoms with Crippen molar-refractivity contribution in [1.82, 2.24) is 15.0 Å². The molecule has 32 heavy (non-hydrogen) atoms. The number of nitrogens with zero attached hydrogens (tertiary/aromatic N) is 4. The fourth-order valence-corrected chi connectivity index (χ4v) is 4.00. The van der Waals surface area contributed by atoms with Crippen LogP contribution >= 0.6 is 0 Å². The highest BCUT2D eigenvalue weighted by Gasteiger charge is 2.15. The van der Waals surface area contributed by atoms with Gasteiger partial charge in [-0.25, -0.2) is 9.97 Å². The number of nitrogens with one attached hydrogen (secondary N) is 2. The van der Waals surface area contributed by atoms with Crippen LogP contribution in [0.3, 0.4) is 0 Å². The predicted octanol–water partition coefficient (Wildman–Crippen LogP) is 4.93. The molecule has 1 aliphatic rings. The minimum absolute atomic E-state index is 0.232. The number of aryl methyl sites for hydroxylation is 1. The molecular weight excluding hydrogens is 400 g/mol. The molecule has 0 bridgehead atoms. The summed E-state index contributed by atoms with van der Waals surface area (Å²) in [5.74, 6) is 2.23. The van der Waals surface area contributed by atoms with Gasteiger partial charge in [0.2, 0.25) is 0 Å². The van der Waals surface area contributed by atoms with Gasteiger partial charge in [-0.15, -0.1) is 0 Å². The maximum atomic E-state index is 12.8. The van der Waals surface area contributed by atoms with Crippen molar-refractivity contribution in [3.8, 4) is 0 Å². The molecule has 7 heteroatoms. The zero-order valence-corrected chi connectivity index (χ0v) is 17.9. The SMILES string of the molecule is Cc1nc(Nc2ccc(NC(=O)c3nccc4ccccc34)cc2)cc(N2CCCC2)n1. The van der Waals surface area contributed by atoms with Gasteiger partial charge >= 0.3 is 0 Å². The molecule has 2 aromatic carbocycles. The smallest absolute Gasteiger partial charge is 0.274 e. The second kappa shape index (κ2) is 8.63. The molecule has 7 nitrogen and oxygen atoms in total. The largest absolute Gasteiger partial charge is 0.356 e. The number of carbonyl (C=O) groups is 1. The predicted molar refractivity (Wildman–Crippen MR) is 128 cm³/mol. The third kappa shape index (κ3) is 4.23. The van der Waals surface area contributed by atoms with E-state index in [0.717, 1.165) is 47.0 Å². The standard InChI is InChI=1S/C25H24N6O/c1-17-27-22(16-23(28-17)31-14-4-5-15-31)29-19-8-10-20(11-9-19)30-25(32)24-21-7-3-2-6-18(21)12-13-26-24/h2-3,6-13,16H,4-5,14-15H2,1H3,(H,30,32)(H,27,28,29). The molecule has 0 aliphatic carbocycles. The van der Waals surface area contributed by atoms with Crippen LogP contribution in [0.15, 0.2) is 66.9 Å². The molecule has 160 valence electrons. The Morgan fingerprint density at radius 2 is 1.69 bits per heavy atom. The van der Waals surface area contributed by atoms with Gasteiger partial charge < -0.3 is 15.5 Å². The van der Waals surface area contributed by atoms with E-state index in [9.17, 15) is 4.79 Å². The zero-order valence-electron chi connectivity index (χ0n) is 17.9. The van der Waals surface area contributed by atoms with Gasteiger partial charge in [0.1, 0.15) is 23.2 Å². The van der Waals surface area contributed by atoms with Crippen molar-refractivity contribution in [2.45, 2.75) is 19.8 Å². The van der Waals surface area contributed by atoms with Gasteiger partial charge in [-0.1, -0.05) is 24.3 Å². The highest BCUT2D eigenvalue weighted by Crippen LogP contribution is 2.24. The Bertz CT molecular complexity index is 1260. The van der Waals surface area contributed by atoms with Gasteiger partial charge in [0.15, 0.2) is 0 Å². The first kappa shape index (κ1) is 19.9. The summed E-state index contributed by atoms with van der Waals surface area (Å²) in [4.78, 5) is 28.5. The number of hydrogen-bond acceptors (Lipinski definition) is 6. The molecule has 2 aromatic heterocycles. The number of aromatic nitrogens is 3. The molecule has 1 amide bonds. The minimum atomic E-state index is -0.232. The quantitative estimate of drug-likeness (QED) is 0.473. The van der Waals surface area contributed by atoms with Gasteiger partial charge in [-0.05, 0) is 55.5 Å². The summed E-state index contributed by atoms with van der Waals surface area (Å²) < 4.78 is 0. The van der Waals surface area contributed by atoms with E-state index in [4.69, 9.17) is 0 Å². The van der Waals surface area contributed by atoms with Gasteiger partial charge in [-0.2, -0.15) is 0 Å². The fraction of sp³-hybridized carbons (Fsp3) is 0.200. The molecule has 5 rings (SSSR count). The van der Waals surface area contributed by atoms with Gasteiger partial charge in [0.25, 0.3) is 5.91 Å². The normalized spacial score (nSPS) is 13.3. The van der Waals surface area contributed by atoms with Crippen molar-refractivity contribution in [2.75, 3.05) is 28.6 Å². The van der Waals surface area contributed by atoms with E-state index < -0.39 is 0 Å². The van der Waals surface area contributed by atoms with E-state index in [2.05, 4.69) is 30.5 Å². The van der Waals surface area contributed by atoms with E-state index in [0.29, 0.717) is 11.4 Å². The molecule has 0 spiro atoms. The monoisotopic (exact) mass is 424 g/mol. The van der Waals surface area contributed by atoms with Crippen LogP contribution in [0.25, 0.3) is 10.8 Å². The Kier molecular flexibility index (Phi) is 5.37. The summed E-state index contributed by atoms with van der Waals surface area (Å²) in [6.45, 7) is 3.98. The van der Waals surface area contributed by atoms with Crippen LogP contribution in [0.4, 0.5) is 23.0 Å². The summed E-state index contributed by atoms with van der Waals surface area (Å²) in [6, 6.07) is 19.2. The first-order chi connectivity index (χ1) is 15.7. The lowest BCUT2D eigenvalue weighted by Crippen LogP contribution is -2.19. The number of pyridine rings is 1. The van der Waals surface area contributed by atoms with Crippen molar-refractivity contribution >= 4 is 39.7 Å². The fourth-order valence-electron chi connectivity index (χ4n) is 4.00. The lowest BCUT2D eigenvalue weighted by Gasteiger charge is -2.18. The van der Waals surface area contributed by atoms with E-state index in [1.165, 1.54) is 12.8 Å². The molecule has 1 aliphatic heterocycles.